The van der Waals surface area contributed by atoms with Crippen molar-refractivity contribution in [3.63, 3.8) is 0 Å². The lowest BCUT2D eigenvalue weighted by Crippen LogP contribution is -3.00. The predicted octanol–water partition coefficient (Wildman–Crippen LogP) is 6.05. The molecule has 4 nitrogen and oxygen atoms in total. The summed E-state index contributed by atoms with van der Waals surface area (Å²) in [5, 5.41) is 8.79. The summed E-state index contributed by atoms with van der Waals surface area (Å²) >= 11 is 3.16. The number of methoxy groups -OCH3 is 2. The Balaban J connectivity index is 0.000000252. The molecule has 0 aliphatic carbocycles. The standard InChI is InChI=1S/C24H24O2P.C18H15P.C6H9BrO2.BrH/c1-20(24(25)26-2)18-19-27(21-12-6-3-7-13-21,22-14-8-4-9-15-22)23-16-10-5-11-17-23;1-4-10-16(11-5-1)19(17-12-6-2-7-13-17)18-14-8-3-9-15-18;1-5(3-4-7)6(8)9-2;/h3-18H,19H2,1-2H3;1-15H;3H,4H2,1-2H3;1H/q+1;;;/p-1/b20-18+;;5-3+;. The molecule has 0 saturated heterocycles. The number of esters is 2. The first-order valence-electron chi connectivity index (χ1n) is 17.9. The van der Waals surface area contributed by atoms with Gasteiger partial charge in [-0.05, 0) is 80.2 Å². The second-order valence-corrected chi connectivity index (χ2v) is 18.7. The molecule has 0 atom stereocenters. The Morgan fingerprint density at radius 2 is 0.768 bits per heavy atom. The molecule has 0 N–H and O–H groups in total. The van der Waals surface area contributed by atoms with Crippen molar-refractivity contribution in [2.45, 2.75) is 13.8 Å². The lowest BCUT2D eigenvalue weighted by Gasteiger charge is -2.26. The predicted molar refractivity (Wildman–Crippen MR) is 241 cm³/mol. The van der Waals surface area contributed by atoms with E-state index < -0.39 is 15.2 Å². The summed E-state index contributed by atoms with van der Waals surface area (Å²) in [5.41, 5.74) is 1.28. The van der Waals surface area contributed by atoms with E-state index in [2.05, 4.69) is 184 Å². The van der Waals surface area contributed by atoms with E-state index in [0.29, 0.717) is 16.5 Å². The highest BCUT2D eigenvalue weighted by molar-refractivity contribution is 9.09. The van der Waals surface area contributed by atoms with Crippen molar-refractivity contribution in [3.05, 3.63) is 205 Å². The molecule has 0 radical (unpaired) electrons. The smallest absolute Gasteiger partial charge is 0.333 e. The van der Waals surface area contributed by atoms with Gasteiger partial charge in [0.1, 0.15) is 23.2 Å². The van der Waals surface area contributed by atoms with E-state index in [1.54, 1.807) is 13.0 Å². The van der Waals surface area contributed by atoms with Crippen molar-refractivity contribution < 1.29 is 36.0 Å². The summed E-state index contributed by atoms with van der Waals surface area (Å²) in [7, 11) is 0.406. The molecule has 0 bridgehead atoms. The van der Waals surface area contributed by atoms with Crippen molar-refractivity contribution >= 4 is 74.9 Å². The first-order valence-corrected chi connectivity index (χ1v) is 22.4. The molecule has 0 aliphatic heterocycles. The fourth-order valence-corrected chi connectivity index (χ4v) is 12.8. The number of alkyl halides is 1. The Hall–Kier alpha value is -4.44. The van der Waals surface area contributed by atoms with Gasteiger partial charge in [0.2, 0.25) is 0 Å². The molecular formula is C48H48Br2O4P2. The molecule has 288 valence electrons. The van der Waals surface area contributed by atoms with Crippen LogP contribution in [0.3, 0.4) is 0 Å². The molecular weight excluding hydrogens is 862 g/mol. The Kier molecular flexibility index (Phi) is 20.5. The third kappa shape index (κ3) is 13.1. The highest BCUT2D eigenvalue weighted by Crippen LogP contribution is 2.55. The molecule has 6 aromatic carbocycles. The number of allylic oxidation sites excluding steroid dienone is 2. The normalized spacial score (nSPS) is 11.1. The minimum absolute atomic E-state index is 0. The molecule has 6 rings (SSSR count). The zero-order valence-corrected chi connectivity index (χ0v) is 37.1. The second-order valence-electron chi connectivity index (χ2n) is 12.3. The molecule has 0 aliphatic rings. The van der Waals surface area contributed by atoms with Gasteiger partial charge in [-0.1, -0.05) is 168 Å². The average molecular weight is 911 g/mol. The van der Waals surface area contributed by atoms with Crippen molar-refractivity contribution in [1.29, 1.82) is 0 Å². The Bertz CT molecular complexity index is 1890. The van der Waals surface area contributed by atoms with Gasteiger partial charge in [-0.2, -0.15) is 0 Å². The van der Waals surface area contributed by atoms with Gasteiger partial charge in [0.15, 0.2) is 0 Å². The Labute approximate surface area is 353 Å². The largest absolute Gasteiger partial charge is 1.00 e. The monoisotopic (exact) mass is 908 g/mol. The van der Waals surface area contributed by atoms with Crippen LogP contribution in [0.1, 0.15) is 13.8 Å². The summed E-state index contributed by atoms with van der Waals surface area (Å²) in [4.78, 5) is 22.6. The van der Waals surface area contributed by atoms with Crippen LogP contribution in [-0.4, -0.2) is 37.7 Å². The van der Waals surface area contributed by atoms with Gasteiger partial charge in [-0.3, -0.25) is 0 Å². The maximum absolute atomic E-state index is 12.0. The van der Waals surface area contributed by atoms with Gasteiger partial charge in [-0.25, -0.2) is 9.59 Å². The summed E-state index contributed by atoms with van der Waals surface area (Å²) in [6.45, 7) is 3.54. The molecule has 0 saturated carbocycles. The Morgan fingerprint density at radius 1 is 0.500 bits per heavy atom. The van der Waals surface area contributed by atoms with Crippen LogP contribution in [0, 0.1) is 0 Å². The summed E-state index contributed by atoms with van der Waals surface area (Å²) < 4.78 is 9.34. The van der Waals surface area contributed by atoms with E-state index in [4.69, 9.17) is 4.74 Å². The molecule has 0 unspecified atom stereocenters. The Morgan fingerprint density at radius 3 is 1.04 bits per heavy atom. The number of halogens is 2. The van der Waals surface area contributed by atoms with Crippen molar-refractivity contribution in [1.82, 2.24) is 0 Å². The maximum atomic E-state index is 12.0. The molecule has 0 aromatic heterocycles. The SMILES string of the molecule is COC(=O)/C(C)=C/CBr.COC(=O)/C(C)=C/C[P+](c1ccccc1)(c1ccccc1)c1ccccc1.[Br-].c1ccc(P(c2ccccc2)c2ccccc2)cc1. The minimum atomic E-state index is -1.94. The zero-order valence-electron chi connectivity index (χ0n) is 32.2. The molecule has 0 fully saturated rings. The van der Waals surface area contributed by atoms with Crippen LogP contribution in [0.2, 0.25) is 0 Å². The highest BCUT2D eigenvalue weighted by atomic mass is 79.9. The first kappa shape index (κ1) is 45.9. The molecule has 8 heteroatoms. The summed E-state index contributed by atoms with van der Waals surface area (Å²) in [5.74, 6) is -0.545. The number of carbonyl (C=O) groups is 2. The number of carbonyl (C=O) groups excluding carboxylic acids is 2. The van der Waals surface area contributed by atoms with Crippen LogP contribution >= 0.6 is 31.1 Å². The second kappa shape index (κ2) is 24.9. The van der Waals surface area contributed by atoms with Crippen molar-refractivity contribution in [2.75, 3.05) is 25.7 Å². The number of ether oxygens (including phenoxy) is 2. The molecule has 0 spiro atoms. The molecule has 56 heavy (non-hydrogen) atoms. The summed E-state index contributed by atoms with van der Waals surface area (Å²) in [6.07, 6.45) is 4.56. The van der Waals surface area contributed by atoms with Gasteiger partial charge in [0, 0.05) is 16.5 Å². The number of rotatable bonds is 11. The average Bonchev–Trinajstić information content (AvgIpc) is 3.26. The highest BCUT2D eigenvalue weighted by Gasteiger charge is 2.44. The van der Waals surface area contributed by atoms with Gasteiger partial charge >= 0.3 is 11.9 Å². The number of benzene rings is 6. The van der Waals surface area contributed by atoms with E-state index in [1.165, 1.54) is 46.0 Å². The van der Waals surface area contributed by atoms with Crippen LogP contribution in [0.15, 0.2) is 205 Å². The van der Waals surface area contributed by atoms with Gasteiger partial charge in [0.05, 0.1) is 20.4 Å². The molecule has 6 aromatic rings. The maximum Gasteiger partial charge on any atom is 0.333 e. The van der Waals surface area contributed by atoms with Gasteiger partial charge < -0.3 is 26.5 Å². The van der Waals surface area contributed by atoms with Crippen molar-refractivity contribution in [2.24, 2.45) is 0 Å². The number of hydrogen-bond donors (Lipinski definition) is 0. The van der Waals surface area contributed by atoms with E-state index in [-0.39, 0.29) is 28.9 Å². The number of hydrogen-bond acceptors (Lipinski definition) is 4. The van der Waals surface area contributed by atoms with Crippen LogP contribution in [0.5, 0.6) is 0 Å². The quantitative estimate of drug-likeness (QED) is 0.0689. The topological polar surface area (TPSA) is 52.6 Å². The third-order valence-corrected chi connectivity index (χ3v) is 15.7. The summed E-state index contributed by atoms with van der Waals surface area (Å²) in [6, 6.07) is 64.2. The zero-order chi connectivity index (χ0) is 39.3. The van der Waals surface area contributed by atoms with Crippen LogP contribution in [0.25, 0.3) is 0 Å². The van der Waals surface area contributed by atoms with Crippen LogP contribution in [0.4, 0.5) is 0 Å². The van der Waals surface area contributed by atoms with E-state index in [0.717, 1.165) is 6.16 Å². The van der Waals surface area contributed by atoms with Gasteiger partial charge in [-0.15, -0.1) is 0 Å². The third-order valence-electron chi connectivity index (χ3n) is 8.70. The van der Waals surface area contributed by atoms with Crippen LogP contribution < -0.4 is 48.8 Å². The van der Waals surface area contributed by atoms with E-state index in [1.807, 2.05) is 31.2 Å². The van der Waals surface area contributed by atoms with E-state index >= 15 is 0 Å². The van der Waals surface area contributed by atoms with Crippen LogP contribution in [-0.2, 0) is 19.1 Å². The molecule has 0 heterocycles. The lowest BCUT2D eigenvalue weighted by molar-refractivity contribution is -0.136. The van der Waals surface area contributed by atoms with E-state index in [9.17, 15) is 9.59 Å². The first-order chi connectivity index (χ1) is 26.8. The fourth-order valence-electron chi connectivity index (χ4n) is 5.87. The minimum Gasteiger partial charge on any atom is -1.00 e. The van der Waals surface area contributed by atoms with Crippen molar-refractivity contribution in [3.8, 4) is 0 Å². The van der Waals surface area contributed by atoms with Gasteiger partial charge in [0.25, 0.3) is 0 Å². The molecule has 0 amide bonds. The fraction of sp³-hybridized carbons (Fsp3) is 0.125. The lowest BCUT2D eigenvalue weighted by atomic mass is 10.3.